The Labute approximate surface area is 169 Å². The van der Waals surface area contributed by atoms with E-state index in [9.17, 15) is 14.7 Å². The molecule has 0 aromatic rings. The fourth-order valence-corrected chi connectivity index (χ4v) is 3.37. The Kier molecular flexibility index (Phi) is 13.4. The summed E-state index contributed by atoms with van der Waals surface area (Å²) < 4.78 is 4.74. The Morgan fingerprint density at radius 3 is 2.00 bits per heavy atom. The van der Waals surface area contributed by atoms with Gasteiger partial charge < -0.3 is 14.9 Å². The van der Waals surface area contributed by atoms with Gasteiger partial charge in [0, 0.05) is 6.42 Å². The predicted molar refractivity (Wildman–Crippen MR) is 111 cm³/mol. The lowest BCUT2D eigenvalue weighted by atomic mass is 10.0. The van der Waals surface area contributed by atoms with Crippen LogP contribution >= 0.6 is 0 Å². The van der Waals surface area contributed by atoms with E-state index in [1.165, 1.54) is 44.9 Å². The molecule has 2 N–H and O–H groups in total. The second-order valence-corrected chi connectivity index (χ2v) is 7.59. The monoisotopic (exact) mass is 394 g/mol. The zero-order chi connectivity index (χ0) is 20.6. The molecule has 1 atom stereocenters. The number of ketones is 1. The van der Waals surface area contributed by atoms with Gasteiger partial charge in [-0.1, -0.05) is 70.4 Å². The molecule has 5 heteroatoms. The van der Waals surface area contributed by atoms with E-state index >= 15 is 0 Å². The molecule has 0 saturated carbocycles. The summed E-state index contributed by atoms with van der Waals surface area (Å²) in [7, 11) is 0. The van der Waals surface area contributed by atoms with E-state index in [0.29, 0.717) is 6.42 Å². The third kappa shape index (κ3) is 9.54. The number of allylic oxidation sites excluding steroid dienone is 2. The van der Waals surface area contributed by atoms with E-state index in [4.69, 9.17) is 9.84 Å². The lowest BCUT2D eigenvalue weighted by Crippen LogP contribution is -2.15. The van der Waals surface area contributed by atoms with E-state index < -0.39 is 30.2 Å². The molecule has 5 nitrogen and oxygen atoms in total. The maximum absolute atomic E-state index is 12.1. The van der Waals surface area contributed by atoms with Crippen LogP contribution in [0.15, 0.2) is 23.5 Å². The van der Waals surface area contributed by atoms with Crippen molar-refractivity contribution < 1.29 is 24.5 Å². The molecular weight excluding hydrogens is 356 g/mol. The molecule has 0 unspecified atom stereocenters. The number of hydrogen-bond donors (Lipinski definition) is 2. The van der Waals surface area contributed by atoms with Gasteiger partial charge in [0.25, 0.3) is 0 Å². The molecule has 0 amide bonds. The van der Waals surface area contributed by atoms with Crippen LogP contribution in [-0.4, -0.2) is 34.7 Å². The molecule has 28 heavy (non-hydrogen) atoms. The summed E-state index contributed by atoms with van der Waals surface area (Å²) in [6, 6.07) is 0. The van der Waals surface area contributed by atoms with E-state index in [1.54, 1.807) is 0 Å². The van der Waals surface area contributed by atoms with E-state index in [2.05, 4.69) is 19.1 Å². The van der Waals surface area contributed by atoms with Gasteiger partial charge >= 0.3 is 5.97 Å². The van der Waals surface area contributed by atoms with Crippen molar-refractivity contribution in [2.45, 2.75) is 103 Å². The van der Waals surface area contributed by atoms with Crippen molar-refractivity contribution in [3.8, 4) is 0 Å². The molecule has 1 aliphatic rings. The van der Waals surface area contributed by atoms with Crippen molar-refractivity contribution >= 4 is 11.8 Å². The number of unbranched alkanes of at least 4 members (excludes halogenated alkanes) is 11. The highest BCUT2D eigenvalue weighted by atomic mass is 16.6. The molecule has 0 aromatic heterocycles. The summed E-state index contributed by atoms with van der Waals surface area (Å²) in [4.78, 5) is 23.6. The number of aliphatic hydroxyl groups excluding tert-OH is 2. The Morgan fingerprint density at radius 2 is 1.46 bits per heavy atom. The van der Waals surface area contributed by atoms with Crippen molar-refractivity contribution in [3.63, 3.8) is 0 Å². The van der Waals surface area contributed by atoms with Gasteiger partial charge in [0.2, 0.25) is 0 Å². The van der Waals surface area contributed by atoms with Gasteiger partial charge in [-0.25, -0.2) is 4.79 Å². The number of carbonyl (C=O) groups excluding carboxylic acids is 2. The van der Waals surface area contributed by atoms with Crippen LogP contribution in [0.3, 0.4) is 0 Å². The highest BCUT2D eigenvalue weighted by Gasteiger charge is 2.37. The van der Waals surface area contributed by atoms with Crippen molar-refractivity contribution in [2.75, 3.05) is 6.61 Å². The Hall–Kier alpha value is -1.62. The molecule has 160 valence electrons. The number of aliphatic hydroxyl groups is 2. The van der Waals surface area contributed by atoms with Crippen LogP contribution in [0.4, 0.5) is 0 Å². The average Bonchev–Trinajstić information content (AvgIpc) is 2.98. The summed E-state index contributed by atoms with van der Waals surface area (Å²) in [5, 5.41) is 18.7. The number of rotatable bonds is 17. The minimum absolute atomic E-state index is 0.227. The Balaban J connectivity index is 1.98. The molecule has 0 radical (unpaired) electrons. The molecule has 1 rings (SSSR count). The van der Waals surface area contributed by atoms with E-state index in [1.807, 2.05) is 0 Å². The number of esters is 1. The van der Waals surface area contributed by atoms with Crippen molar-refractivity contribution in [2.24, 2.45) is 0 Å². The zero-order valence-electron chi connectivity index (χ0n) is 17.5. The molecule has 0 spiro atoms. The molecule has 0 fully saturated rings. The second-order valence-electron chi connectivity index (χ2n) is 7.59. The van der Waals surface area contributed by atoms with Crippen LogP contribution in [0, 0.1) is 0 Å². The highest BCUT2D eigenvalue weighted by molar-refractivity contribution is 6.19. The minimum atomic E-state index is -1.08. The SMILES string of the molecule is CCCCCCCC/C=C\CCCCCCCC(=O)C1=C(O)[C@@H](CO)OC1=O. The fraction of sp³-hybridized carbons (Fsp3) is 0.739. The lowest BCUT2D eigenvalue weighted by molar-refractivity contribution is -0.142. The Morgan fingerprint density at radius 1 is 0.929 bits per heavy atom. The zero-order valence-corrected chi connectivity index (χ0v) is 17.5. The first-order chi connectivity index (χ1) is 13.6. The first kappa shape index (κ1) is 24.4. The first-order valence-corrected chi connectivity index (χ1v) is 11.0. The molecule has 0 saturated heterocycles. The standard InChI is InChI=1S/C23H38O5/c1-2-3-4-5-6-7-8-9-10-11-12-13-14-15-16-17-19(25)21-22(26)20(18-24)28-23(21)27/h9-10,20,24,26H,2-8,11-18H2,1H3/b10-9-/t20-/m1/s1. The second kappa shape index (κ2) is 15.3. The van der Waals surface area contributed by atoms with Crippen molar-refractivity contribution in [3.05, 3.63) is 23.5 Å². The molecule has 1 heterocycles. The third-order valence-electron chi connectivity index (χ3n) is 5.12. The van der Waals surface area contributed by atoms with Crippen molar-refractivity contribution in [1.29, 1.82) is 0 Å². The predicted octanol–water partition coefficient (Wildman–Crippen LogP) is 5.32. The number of hydrogen-bond acceptors (Lipinski definition) is 5. The first-order valence-electron chi connectivity index (χ1n) is 11.0. The van der Waals surface area contributed by atoms with E-state index in [-0.39, 0.29) is 12.0 Å². The topological polar surface area (TPSA) is 83.8 Å². The van der Waals surface area contributed by atoms with Crippen LogP contribution in [0.25, 0.3) is 0 Å². The number of ether oxygens (including phenoxy) is 1. The third-order valence-corrected chi connectivity index (χ3v) is 5.12. The number of carbonyl (C=O) groups is 2. The summed E-state index contributed by atoms with van der Waals surface area (Å²) in [6.45, 7) is 1.73. The molecule has 0 aliphatic carbocycles. The largest absolute Gasteiger partial charge is 0.507 e. The summed E-state index contributed by atoms with van der Waals surface area (Å²) in [5.74, 6) is -1.64. The number of cyclic esters (lactones) is 1. The molecule has 1 aliphatic heterocycles. The maximum atomic E-state index is 12.1. The summed E-state index contributed by atoms with van der Waals surface area (Å²) in [5.41, 5.74) is -0.283. The van der Waals surface area contributed by atoms with Crippen LogP contribution in [0.1, 0.15) is 96.8 Å². The Bertz CT molecular complexity index is 521. The normalized spacial score (nSPS) is 16.9. The van der Waals surface area contributed by atoms with E-state index in [0.717, 1.165) is 32.1 Å². The summed E-state index contributed by atoms with van der Waals surface area (Å²) in [6.07, 6.45) is 19.1. The maximum Gasteiger partial charge on any atom is 0.346 e. The highest BCUT2D eigenvalue weighted by Crippen LogP contribution is 2.23. The van der Waals surface area contributed by atoms with Gasteiger partial charge in [-0.3, -0.25) is 4.79 Å². The average molecular weight is 395 g/mol. The van der Waals surface area contributed by atoms with Gasteiger partial charge in [0.15, 0.2) is 17.6 Å². The summed E-state index contributed by atoms with van der Waals surface area (Å²) >= 11 is 0. The molecular formula is C23H38O5. The van der Waals surface area contributed by atoms with Crippen LogP contribution in [-0.2, 0) is 14.3 Å². The van der Waals surface area contributed by atoms with Crippen LogP contribution < -0.4 is 0 Å². The number of Topliss-reactive ketones (excluding diaryl/α,β-unsaturated/α-hetero) is 1. The van der Waals surface area contributed by atoms with Gasteiger partial charge in [-0.15, -0.1) is 0 Å². The smallest absolute Gasteiger partial charge is 0.346 e. The van der Waals surface area contributed by atoms with Crippen molar-refractivity contribution in [1.82, 2.24) is 0 Å². The fourth-order valence-electron chi connectivity index (χ4n) is 3.37. The van der Waals surface area contributed by atoms with Gasteiger partial charge in [0.05, 0.1) is 6.61 Å². The van der Waals surface area contributed by atoms with Crippen LogP contribution in [0.5, 0.6) is 0 Å². The lowest BCUT2D eigenvalue weighted by Gasteiger charge is -2.03. The molecule has 0 aromatic carbocycles. The molecule has 0 bridgehead atoms. The van der Waals surface area contributed by atoms with Gasteiger partial charge in [0.1, 0.15) is 5.57 Å². The van der Waals surface area contributed by atoms with Gasteiger partial charge in [-0.2, -0.15) is 0 Å². The van der Waals surface area contributed by atoms with Crippen LogP contribution in [0.2, 0.25) is 0 Å². The minimum Gasteiger partial charge on any atom is -0.507 e. The quantitative estimate of drug-likeness (QED) is 0.151. The van der Waals surface area contributed by atoms with Gasteiger partial charge in [-0.05, 0) is 32.1 Å².